The van der Waals surface area contributed by atoms with Gasteiger partial charge in [-0.2, -0.15) is 0 Å². The fourth-order valence-electron chi connectivity index (χ4n) is 3.52. The maximum atomic E-state index is 12.6. The van der Waals surface area contributed by atoms with Crippen LogP contribution in [0.15, 0.2) is 60.9 Å². The highest BCUT2D eigenvalue weighted by atomic mass is 16.5. The summed E-state index contributed by atoms with van der Waals surface area (Å²) in [7, 11) is 1.93. The number of carbonyl (C=O) groups is 1. The SMILES string of the molecule is Cn1ccnc1COc1ccc(C(=O)Nc2cccc(N3CCCCC3)c2)cc1. The summed E-state index contributed by atoms with van der Waals surface area (Å²) in [6.45, 7) is 2.55. The summed E-state index contributed by atoms with van der Waals surface area (Å²) in [5.41, 5.74) is 2.58. The first kappa shape index (κ1) is 19.1. The first-order valence-electron chi connectivity index (χ1n) is 10.0. The number of piperidine rings is 1. The number of aromatic nitrogens is 2. The van der Waals surface area contributed by atoms with Crippen LogP contribution in [0.5, 0.6) is 5.75 Å². The second-order valence-corrected chi connectivity index (χ2v) is 7.32. The van der Waals surface area contributed by atoms with Crippen molar-refractivity contribution in [3.63, 3.8) is 0 Å². The predicted octanol–water partition coefficient (Wildman–Crippen LogP) is 4.24. The average molecular weight is 390 g/mol. The van der Waals surface area contributed by atoms with E-state index in [0.717, 1.165) is 24.6 Å². The van der Waals surface area contributed by atoms with E-state index in [9.17, 15) is 4.79 Å². The Hall–Kier alpha value is -3.28. The normalized spacial score (nSPS) is 13.9. The van der Waals surface area contributed by atoms with Gasteiger partial charge in [-0.1, -0.05) is 6.07 Å². The van der Waals surface area contributed by atoms with Crippen LogP contribution in [-0.4, -0.2) is 28.5 Å². The molecule has 150 valence electrons. The Labute approximate surface area is 171 Å². The number of rotatable bonds is 6. The Morgan fingerprint density at radius 1 is 1.10 bits per heavy atom. The van der Waals surface area contributed by atoms with Gasteiger partial charge in [-0.3, -0.25) is 4.79 Å². The molecule has 1 aliphatic rings. The van der Waals surface area contributed by atoms with Crippen molar-refractivity contribution in [2.24, 2.45) is 7.05 Å². The maximum absolute atomic E-state index is 12.6. The average Bonchev–Trinajstić information content (AvgIpc) is 3.18. The van der Waals surface area contributed by atoms with Gasteiger partial charge in [0.1, 0.15) is 18.2 Å². The smallest absolute Gasteiger partial charge is 0.255 e. The number of aryl methyl sites for hydroxylation is 1. The van der Waals surface area contributed by atoms with Crippen molar-refractivity contribution in [3.8, 4) is 5.75 Å². The van der Waals surface area contributed by atoms with Crippen molar-refractivity contribution in [2.75, 3.05) is 23.3 Å². The molecular weight excluding hydrogens is 364 g/mol. The van der Waals surface area contributed by atoms with Gasteiger partial charge in [-0.05, 0) is 61.7 Å². The Morgan fingerprint density at radius 3 is 2.62 bits per heavy atom. The molecule has 1 aliphatic heterocycles. The molecule has 0 aliphatic carbocycles. The van der Waals surface area contributed by atoms with E-state index in [2.05, 4.69) is 21.3 Å². The number of anilines is 2. The van der Waals surface area contributed by atoms with Gasteiger partial charge in [0.15, 0.2) is 0 Å². The van der Waals surface area contributed by atoms with E-state index in [-0.39, 0.29) is 5.91 Å². The molecule has 0 atom stereocenters. The number of benzene rings is 2. The third kappa shape index (κ3) is 4.77. The zero-order chi connectivity index (χ0) is 20.1. The van der Waals surface area contributed by atoms with Crippen molar-refractivity contribution >= 4 is 17.3 Å². The molecule has 1 aromatic heterocycles. The molecule has 2 aromatic carbocycles. The number of nitrogens with zero attached hydrogens (tertiary/aromatic N) is 3. The standard InChI is InChI=1S/C23H26N4O2/c1-26-15-12-24-22(26)17-29-21-10-8-18(9-11-21)23(28)25-19-6-5-7-20(16-19)27-13-3-2-4-14-27/h5-12,15-16H,2-4,13-14,17H2,1H3,(H,25,28). The second-order valence-electron chi connectivity index (χ2n) is 7.32. The van der Waals surface area contributed by atoms with E-state index < -0.39 is 0 Å². The number of ether oxygens (including phenoxy) is 1. The Kier molecular flexibility index (Phi) is 5.79. The third-order valence-electron chi connectivity index (χ3n) is 5.23. The molecule has 1 amide bonds. The lowest BCUT2D eigenvalue weighted by Gasteiger charge is -2.29. The summed E-state index contributed by atoms with van der Waals surface area (Å²) < 4.78 is 7.66. The third-order valence-corrected chi connectivity index (χ3v) is 5.23. The van der Waals surface area contributed by atoms with Crippen LogP contribution in [-0.2, 0) is 13.7 Å². The number of imidazole rings is 1. The minimum absolute atomic E-state index is 0.128. The highest BCUT2D eigenvalue weighted by Crippen LogP contribution is 2.23. The van der Waals surface area contributed by atoms with Gasteiger partial charge in [0.2, 0.25) is 0 Å². The molecule has 0 bridgehead atoms. The van der Waals surface area contributed by atoms with Gasteiger partial charge < -0.3 is 19.5 Å². The van der Waals surface area contributed by atoms with Gasteiger partial charge in [-0.25, -0.2) is 4.98 Å². The minimum Gasteiger partial charge on any atom is -0.486 e. The molecule has 29 heavy (non-hydrogen) atoms. The summed E-state index contributed by atoms with van der Waals surface area (Å²) in [4.78, 5) is 19.2. The van der Waals surface area contributed by atoms with Crippen molar-refractivity contribution in [1.29, 1.82) is 0 Å². The van der Waals surface area contributed by atoms with Crippen LogP contribution < -0.4 is 15.0 Å². The lowest BCUT2D eigenvalue weighted by Crippen LogP contribution is -2.29. The number of amides is 1. The maximum Gasteiger partial charge on any atom is 0.255 e. The van der Waals surface area contributed by atoms with Crippen LogP contribution >= 0.6 is 0 Å². The monoisotopic (exact) mass is 390 g/mol. The summed E-state index contributed by atoms with van der Waals surface area (Å²) in [6, 6.07) is 15.2. The number of carbonyl (C=O) groups excluding carboxylic acids is 1. The van der Waals surface area contributed by atoms with Crippen LogP contribution in [0.3, 0.4) is 0 Å². The molecule has 1 saturated heterocycles. The molecule has 0 saturated carbocycles. The first-order chi connectivity index (χ1) is 14.2. The highest BCUT2D eigenvalue weighted by Gasteiger charge is 2.12. The molecule has 6 heteroatoms. The lowest BCUT2D eigenvalue weighted by atomic mass is 10.1. The molecular formula is C23H26N4O2. The molecule has 0 radical (unpaired) electrons. The van der Waals surface area contributed by atoms with Gasteiger partial charge >= 0.3 is 0 Å². The fraction of sp³-hybridized carbons (Fsp3) is 0.304. The van der Waals surface area contributed by atoms with E-state index in [0.29, 0.717) is 17.9 Å². The van der Waals surface area contributed by atoms with E-state index in [1.165, 1.54) is 24.9 Å². The lowest BCUT2D eigenvalue weighted by molar-refractivity contribution is 0.102. The van der Waals surface area contributed by atoms with Gasteiger partial charge in [0.25, 0.3) is 5.91 Å². The van der Waals surface area contributed by atoms with Crippen LogP contribution in [0, 0.1) is 0 Å². The second kappa shape index (κ2) is 8.82. The first-order valence-corrected chi connectivity index (χ1v) is 10.0. The van der Waals surface area contributed by atoms with Crippen molar-refractivity contribution in [1.82, 2.24) is 9.55 Å². The summed E-state index contributed by atoms with van der Waals surface area (Å²) in [5.74, 6) is 1.42. The quantitative estimate of drug-likeness (QED) is 0.684. The largest absolute Gasteiger partial charge is 0.486 e. The number of hydrogen-bond donors (Lipinski definition) is 1. The van der Waals surface area contributed by atoms with Crippen LogP contribution in [0.4, 0.5) is 11.4 Å². The van der Waals surface area contributed by atoms with Crippen LogP contribution in [0.2, 0.25) is 0 Å². The predicted molar refractivity (Wildman–Crippen MR) is 114 cm³/mol. The van der Waals surface area contributed by atoms with E-state index >= 15 is 0 Å². The highest BCUT2D eigenvalue weighted by molar-refractivity contribution is 6.04. The molecule has 4 rings (SSSR count). The summed E-state index contributed by atoms with van der Waals surface area (Å²) in [5, 5.41) is 3.00. The van der Waals surface area contributed by atoms with Crippen molar-refractivity contribution in [3.05, 3.63) is 72.3 Å². The topological polar surface area (TPSA) is 59.4 Å². The van der Waals surface area contributed by atoms with Crippen LogP contribution in [0.25, 0.3) is 0 Å². The minimum atomic E-state index is -0.128. The van der Waals surface area contributed by atoms with Gasteiger partial charge in [0.05, 0.1) is 0 Å². The van der Waals surface area contributed by atoms with Crippen molar-refractivity contribution < 1.29 is 9.53 Å². The van der Waals surface area contributed by atoms with Crippen molar-refractivity contribution in [2.45, 2.75) is 25.9 Å². The molecule has 6 nitrogen and oxygen atoms in total. The molecule has 0 unspecified atom stereocenters. The Bertz CT molecular complexity index is 959. The van der Waals surface area contributed by atoms with E-state index in [4.69, 9.17) is 4.74 Å². The molecule has 0 spiro atoms. The Balaban J connectivity index is 1.36. The summed E-state index contributed by atoms with van der Waals surface area (Å²) in [6.07, 6.45) is 7.38. The molecule has 2 heterocycles. The zero-order valence-electron chi connectivity index (χ0n) is 16.7. The summed E-state index contributed by atoms with van der Waals surface area (Å²) >= 11 is 0. The Morgan fingerprint density at radius 2 is 1.90 bits per heavy atom. The fourth-order valence-corrected chi connectivity index (χ4v) is 3.52. The van der Waals surface area contributed by atoms with E-state index in [1.807, 2.05) is 48.1 Å². The number of nitrogens with one attached hydrogen (secondary N) is 1. The van der Waals surface area contributed by atoms with Gasteiger partial charge in [0, 0.05) is 49.5 Å². The molecule has 3 aromatic rings. The van der Waals surface area contributed by atoms with Gasteiger partial charge in [-0.15, -0.1) is 0 Å². The zero-order valence-corrected chi connectivity index (χ0v) is 16.7. The van der Waals surface area contributed by atoms with E-state index in [1.54, 1.807) is 18.3 Å². The van der Waals surface area contributed by atoms with Crippen LogP contribution in [0.1, 0.15) is 35.4 Å². The molecule has 1 fully saturated rings. The number of hydrogen-bond acceptors (Lipinski definition) is 4. The molecule has 1 N–H and O–H groups in total.